The molecule has 2 N–H and O–H groups in total. The van der Waals surface area contributed by atoms with Gasteiger partial charge in [0.25, 0.3) is 10.0 Å². The van der Waals surface area contributed by atoms with Crippen molar-refractivity contribution in [3.63, 3.8) is 0 Å². The van der Waals surface area contributed by atoms with Crippen molar-refractivity contribution in [1.29, 1.82) is 0 Å². The molecule has 13 heteroatoms. The second-order valence-corrected chi connectivity index (χ2v) is 9.68. The molecule has 0 unspecified atom stereocenters. The van der Waals surface area contributed by atoms with Crippen LogP contribution in [0, 0.1) is 5.82 Å². The quantitative estimate of drug-likeness (QED) is 0.286. The number of sulfonamides is 1. The van der Waals surface area contributed by atoms with Gasteiger partial charge in [-0.3, -0.25) is 4.72 Å². The molecule has 0 spiro atoms. The Morgan fingerprint density at radius 3 is 2.38 bits per heavy atom. The molecule has 0 amide bonds. The number of benzene rings is 3. The van der Waals surface area contributed by atoms with Crippen LogP contribution in [0.3, 0.4) is 0 Å². The highest BCUT2D eigenvalue weighted by Crippen LogP contribution is 2.40. The summed E-state index contributed by atoms with van der Waals surface area (Å²) >= 11 is 6.05. The van der Waals surface area contributed by atoms with Crippen LogP contribution < -0.4 is 9.46 Å². The second-order valence-electron chi connectivity index (χ2n) is 7.62. The van der Waals surface area contributed by atoms with Crippen LogP contribution in [0.25, 0.3) is 11.1 Å². The van der Waals surface area contributed by atoms with Gasteiger partial charge in [-0.25, -0.2) is 17.6 Å². The minimum atomic E-state index is -4.97. The van der Waals surface area contributed by atoms with Crippen molar-refractivity contribution in [2.24, 2.45) is 0 Å². The standard InChI is InChI=1S/C24H20ClF4NO6S/c1-35-22-19(25)9-15(23(32)36-2)11-21(22)37(33,34)30-20-10-14(4-6-18(20)24(27,28)29)17-12-16(26)5-3-13(17)7-8-31/h3-6,9-12,30-31H,7-8H2,1-2H3. The SMILES string of the molecule is COC(=O)c1cc(Cl)c(OC)c(S(=O)(=O)Nc2cc(-c3cc(F)ccc3CCO)ccc2C(F)(F)F)c1. The Morgan fingerprint density at radius 1 is 1.08 bits per heavy atom. The zero-order valence-corrected chi connectivity index (χ0v) is 20.9. The maximum atomic E-state index is 14.0. The van der Waals surface area contributed by atoms with Crippen molar-refractivity contribution in [2.75, 3.05) is 25.5 Å². The van der Waals surface area contributed by atoms with Gasteiger partial charge in [-0.05, 0) is 59.5 Å². The molecule has 0 bridgehead atoms. The summed E-state index contributed by atoms with van der Waals surface area (Å²) < 4.78 is 93.5. The predicted octanol–water partition coefficient (Wildman–Crippen LogP) is 5.30. The third kappa shape index (κ3) is 6.14. The fourth-order valence-electron chi connectivity index (χ4n) is 3.60. The average Bonchev–Trinajstić information content (AvgIpc) is 2.83. The lowest BCUT2D eigenvalue weighted by Gasteiger charge is -2.19. The van der Waals surface area contributed by atoms with Gasteiger partial charge in [0.1, 0.15) is 10.7 Å². The second kappa shape index (κ2) is 11.0. The number of esters is 1. The van der Waals surface area contributed by atoms with Gasteiger partial charge in [-0.2, -0.15) is 13.2 Å². The topological polar surface area (TPSA) is 102 Å². The van der Waals surface area contributed by atoms with E-state index >= 15 is 0 Å². The maximum Gasteiger partial charge on any atom is 0.418 e. The third-order valence-electron chi connectivity index (χ3n) is 5.26. The molecule has 3 aromatic carbocycles. The molecule has 3 rings (SSSR count). The molecule has 0 saturated carbocycles. The Labute approximate surface area is 214 Å². The fourth-order valence-corrected chi connectivity index (χ4v) is 5.24. The highest BCUT2D eigenvalue weighted by atomic mass is 35.5. The van der Waals surface area contributed by atoms with E-state index in [2.05, 4.69) is 4.74 Å². The predicted molar refractivity (Wildman–Crippen MR) is 128 cm³/mol. The van der Waals surface area contributed by atoms with E-state index in [-0.39, 0.29) is 34.7 Å². The van der Waals surface area contributed by atoms with Crippen LogP contribution in [-0.2, 0) is 27.4 Å². The molecule has 0 atom stereocenters. The van der Waals surface area contributed by atoms with Gasteiger partial charge in [0.2, 0.25) is 0 Å². The van der Waals surface area contributed by atoms with Crippen LogP contribution in [0.15, 0.2) is 53.4 Å². The van der Waals surface area contributed by atoms with E-state index in [9.17, 15) is 35.9 Å². The average molecular weight is 562 g/mol. The Kier molecular flexibility index (Phi) is 8.35. The number of carbonyl (C=O) groups excluding carboxylic acids is 1. The van der Waals surface area contributed by atoms with Crippen molar-refractivity contribution in [2.45, 2.75) is 17.5 Å². The van der Waals surface area contributed by atoms with Gasteiger partial charge in [0.05, 0.1) is 36.1 Å². The first-order valence-corrected chi connectivity index (χ1v) is 12.3. The number of carbonyl (C=O) groups is 1. The van der Waals surface area contributed by atoms with Crippen LogP contribution in [-0.4, -0.2) is 40.3 Å². The number of rotatable bonds is 8. The van der Waals surface area contributed by atoms with E-state index in [1.807, 2.05) is 4.72 Å². The zero-order valence-electron chi connectivity index (χ0n) is 19.3. The van der Waals surface area contributed by atoms with Gasteiger partial charge in [0.15, 0.2) is 5.75 Å². The number of alkyl halides is 3. The van der Waals surface area contributed by atoms with E-state index in [1.165, 1.54) is 6.07 Å². The summed E-state index contributed by atoms with van der Waals surface area (Å²) in [5.41, 5.74) is -1.83. The van der Waals surface area contributed by atoms with Crippen LogP contribution in [0.5, 0.6) is 5.75 Å². The van der Waals surface area contributed by atoms with E-state index in [4.69, 9.17) is 16.3 Å². The van der Waals surface area contributed by atoms with Crippen LogP contribution in [0.1, 0.15) is 21.5 Å². The van der Waals surface area contributed by atoms with Crippen molar-refractivity contribution in [1.82, 2.24) is 0 Å². The van der Waals surface area contributed by atoms with Crippen molar-refractivity contribution < 1.29 is 45.4 Å². The first-order chi connectivity index (χ1) is 17.3. The van der Waals surface area contributed by atoms with E-state index in [0.29, 0.717) is 11.6 Å². The molecular formula is C24H20ClF4NO6S. The summed E-state index contributed by atoms with van der Waals surface area (Å²) in [6.45, 7) is -0.310. The van der Waals surface area contributed by atoms with Gasteiger partial charge >= 0.3 is 12.1 Å². The maximum absolute atomic E-state index is 14.0. The van der Waals surface area contributed by atoms with Crippen molar-refractivity contribution in [3.05, 3.63) is 76.1 Å². The number of aliphatic hydroxyl groups excluding tert-OH is 1. The summed E-state index contributed by atoms with van der Waals surface area (Å²) in [4.78, 5) is 11.3. The molecule has 0 aromatic heterocycles. The minimum Gasteiger partial charge on any atom is -0.494 e. The summed E-state index contributed by atoms with van der Waals surface area (Å²) in [5, 5.41) is 9.00. The van der Waals surface area contributed by atoms with Crippen molar-refractivity contribution >= 4 is 33.3 Å². The summed E-state index contributed by atoms with van der Waals surface area (Å²) in [6, 6.07) is 8.10. The highest BCUT2D eigenvalue weighted by molar-refractivity contribution is 7.92. The van der Waals surface area contributed by atoms with Gasteiger partial charge < -0.3 is 14.6 Å². The lowest BCUT2D eigenvalue weighted by atomic mass is 9.96. The highest BCUT2D eigenvalue weighted by Gasteiger charge is 2.36. The zero-order chi connectivity index (χ0) is 27.5. The molecule has 0 aliphatic carbocycles. The largest absolute Gasteiger partial charge is 0.494 e. The van der Waals surface area contributed by atoms with Crippen LogP contribution in [0.4, 0.5) is 23.2 Å². The summed E-state index contributed by atoms with van der Waals surface area (Å²) in [5.74, 6) is -2.04. The van der Waals surface area contributed by atoms with Gasteiger partial charge in [-0.15, -0.1) is 0 Å². The molecule has 0 radical (unpaired) electrons. The van der Waals surface area contributed by atoms with E-state index in [1.54, 1.807) is 0 Å². The molecule has 3 aromatic rings. The van der Waals surface area contributed by atoms with Crippen LogP contribution >= 0.6 is 11.6 Å². The third-order valence-corrected chi connectivity index (χ3v) is 6.91. The lowest BCUT2D eigenvalue weighted by Crippen LogP contribution is -2.19. The monoisotopic (exact) mass is 561 g/mol. The number of anilines is 1. The number of hydrogen-bond acceptors (Lipinski definition) is 6. The Balaban J connectivity index is 2.21. The number of hydrogen-bond donors (Lipinski definition) is 2. The molecular weight excluding hydrogens is 542 g/mol. The van der Waals surface area contributed by atoms with E-state index < -0.39 is 49.9 Å². The summed E-state index contributed by atoms with van der Waals surface area (Å²) in [6.07, 6.45) is -4.89. The Morgan fingerprint density at radius 2 is 1.78 bits per heavy atom. The number of halogens is 5. The number of aliphatic hydroxyl groups is 1. The molecule has 0 aliphatic heterocycles. The molecule has 0 heterocycles. The molecule has 0 aliphatic rings. The first-order valence-electron chi connectivity index (χ1n) is 10.4. The van der Waals surface area contributed by atoms with Gasteiger partial charge in [-0.1, -0.05) is 23.7 Å². The number of methoxy groups -OCH3 is 2. The van der Waals surface area contributed by atoms with Gasteiger partial charge in [0, 0.05) is 6.61 Å². The fraction of sp³-hybridized carbons (Fsp3) is 0.208. The minimum absolute atomic E-state index is 0.0574. The number of ether oxygens (including phenoxy) is 2. The van der Waals surface area contributed by atoms with E-state index in [0.717, 1.165) is 50.6 Å². The van der Waals surface area contributed by atoms with Crippen molar-refractivity contribution in [3.8, 4) is 16.9 Å². The Bertz CT molecular complexity index is 1440. The molecule has 0 saturated heterocycles. The number of nitrogens with one attached hydrogen (secondary N) is 1. The first kappa shape index (κ1) is 28.2. The molecule has 0 fully saturated rings. The molecule has 37 heavy (non-hydrogen) atoms. The lowest BCUT2D eigenvalue weighted by molar-refractivity contribution is -0.136. The molecule has 7 nitrogen and oxygen atoms in total. The summed E-state index contributed by atoms with van der Waals surface area (Å²) in [7, 11) is -2.70. The molecule has 198 valence electrons. The normalized spacial score (nSPS) is 11.8. The Hall–Kier alpha value is -3.35. The van der Waals surface area contributed by atoms with Crippen LogP contribution in [0.2, 0.25) is 5.02 Å². The smallest absolute Gasteiger partial charge is 0.418 e.